The normalized spacial score (nSPS) is 12.3. The highest BCUT2D eigenvalue weighted by Crippen LogP contribution is 2.26. The maximum atomic E-state index is 13.2. The van der Waals surface area contributed by atoms with Crippen molar-refractivity contribution in [3.63, 3.8) is 0 Å². The molecule has 0 saturated heterocycles. The van der Waals surface area contributed by atoms with E-state index in [9.17, 15) is 4.79 Å². The quantitative estimate of drug-likeness (QED) is 0.500. The summed E-state index contributed by atoms with van der Waals surface area (Å²) in [6, 6.07) is 22.3. The largest absolute Gasteiger partial charge is 0.493 e. The summed E-state index contributed by atoms with van der Waals surface area (Å²) in [5.74, 6) is 1.05. The van der Waals surface area contributed by atoms with Gasteiger partial charge in [0.2, 0.25) is 0 Å². The van der Waals surface area contributed by atoms with E-state index in [1.54, 1.807) is 49.1 Å². The third-order valence-corrected chi connectivity index (χ3v) is 5.60. The molecule has 0 atom stereocenters. The first-order chi connectivity index (χ1) is 16.5. The molecule has 1 aromatic heterocycles. The molecule has 2 N–H and O–H groups in total. The highest BCUT2D eigenvalue weighted by Gasteiger charge is 2.13. The zero-order chi connectivity index (χ0) is 24.2. The predicted octanol–water partition coefficient (Wildman–Crippen LogP) is 2.03. The van der Waals surface area contributed by atoms with Crippen molar-refractivity contribution in [2.24, 2.45) is 12.8 Å². The Morgan fingerprint density at radius 1 is 1.09 bits per heavy atom. The summed E-state index contributed by atoms with van der Waals surface area (Å²) in [6.45, 7) is 4.53. The van der Waals surface area contributed by atoms with Crippen LogP contribution in [0.2, 0.25) is 0 Å². The van der Waals surface area contributed by atoms with Gasteiger partial charge in [-0.25, -0.2) is 4.79 Å². The van der Waals surface area contributed by atoms with E-state index in [1.165, 1.54) is 10.8 Å². The molecule has 0 unspecified atom stereocenters. The number of nitrogens with two attached hydrogens (primary N) is 1. The van der Waals surface area contributed by atoms with Crippen LogP contribution in [0.4, 0.5) is 0 Å². The van der Waals surface area contributed by atoms with E-state index < -0.39 is 0 Å². The fraction of sp³-hybridized carbons (Fsp3) is 0.111. The fourth-order valence-electron chi connectivity index (χ4n) is 3.83. The molecule has 7 heteroatoms. The Kier molecular flexibility index (Phi) is 6.24. The lowest BCUT2D eigenvalue weighted by Crippen LogP contribution is -2.26. The Hall–Kier alpha value is -4.70. The van der Waals surface area contributed by atoms with Crippen LogP contribution in [-0.4, -0.2) is 16.2 Å². The third kappa shape index (κ3) is 4.05. The van der Waals surface area contributed by atoms with Crippen LogP contribution in [-0.2, 0) is 13.7 Å². The zero-order valence-electron chi connectivity index (χ0n) is 19.0. The molecule has 0 aliphatic carbocycles. The van der Waals surface area contributed by atoms with Crippen LogP contribution in [0, 0.1) is 21.9 Å². The van der Waals surface area contributed by atoms with Crippen molar-refractivity contribution >= 4 is 12.8 Å². The van der Waals surface area contributed by atoms with Gasteiger partial charge in [-0.1, -0.05) is 36.9 Å². The van der Waals surface area contributed by atoms with Crippen molar-refractivity contribution in [1.29, 1.82) is 5.26 Å². The summed E-state index contributed by atoms with van der Waals surface area (Å²) in [5, 5.41) is 11.5. The summed E-state index contributed by atoms with van der Waals surface area (Å²) < 4.78 is 14.6. The second kappa shape index (κ2) is 9.43. The molecule has 170 valence electrons. The molecule has 7 nitrogen and oxygen atoms in total. The highest BCUT2D eigenvalue weighted by molar-refractivity contribution is 5.44. The van der Waals surface area contributed by atoms with Gasteiger partial charge in [0.05, 0.1) is 35.1 Å². The third-order valence-electron chi connectivity index (χ3n) is 5.60. The summed E-state index contributed by atoms with van der Waals surface area (Å²) >= 11 is 0. The first-order valence-electron chi connectivity index (χ1n) is 10.6. The molecule has 4 rings (SSSR count). The predicted molar refractivity (Wildman–Crippen MR) is 131 cm³/mol. The van der Waals surface area contributed by atoms with Crippen molar-refractivity contribution in [2.75, 3.05) is 7.11 Å². The number of benzene rings is 3. The van der Waals surface area contributed by atoms with E-state index >= 15 is 0 Å². The molecule has 0 aliphatic rings. The van der Waals surface area contributed by atoms with Crippen molar-refractivity contribution in [1.82, 2.24) is 9.13 Å². The number of imidazole rings is 1. The van der Waals surface area contributed by atoms with E-state index in [0.29, 0.717) is 50.5 Å². The summed E-state index contributed by atoms with van der Waals surface area (Å²) in [5.41, 5.74) is 7.79. The average molecular weight is 453 g/mol. The molecule has 0 saturated carbocycles. The molecule has 0 aliphatic heterocycles. The van der Waals surface area contributed by atoms with Crippen molar-refractivity contribution in [3.8, 4) is 23.3 Å². The standard InChI is InChI=1S/C27H24N4O3/c1-18-13-24(33-3)25(34-17-20-7-5-4-6-8-20)14-22(18)26-23(16-29)30(2)27(32)31(26)21-11-9-19(15-28)10-12-21/h4-14,16H,1,17,29H2,2-3H3/b23-16+,26-22+. The van der Waals surface area contributed by atoms with Gasteiger partial charge < -0.3 is 15.2 Å². The van der Waals surface area contributed by atoms with E-state index in [2.05, 4.69) is 12.6 Å². The average Bonchev–Trinajstić information content (AvgIpc) is 3.13. The van der Waals surface area contributed by atoms with Gasteiger partial charge >= 0.3 is 5.69 Å². The number of ether oxygens (including phenoxy) is 2. The van der Waals surface area contributed by atoms with Gasteiger partial charge in [-0.05, 0) is 47.2 Å². The van der Waals surface area contributed by atoms with Crippen LogP contribution >= 0.6 is 0 Å². The lowest BCUT2D eigenvalue weighted by molar-refractivity contribution is 0.284. The van der Waals surface area contributed by atoms with E-state index in [-0.39, 0.29) is 5.69 Å². The number of methoxy groups -OCH3 is 1. The molecular weight excluding hydrogens is 428 g/mol. The second-order valence-electron chi connectivity index (χ2n) is 7.67. The molecule has 0 fully saturated rings. The fourth-order valence-corrected chi connectivity index (χ4v) is 3.83. The smallest absolute Gasteiger partial charge is 0.333 e. The van der Waals surface area contributed by atoms with E-state index in [4.69, 9.17) is 20.5 Å². The number of hydrogen-bond donors (Lipinski definition) is 1. The zero-order valence-corrected chi connectivity index (χ0v) is 19.0. The highest BCUT2D eigenvalue weighted by atomic mass is 16.5. The number of hydrogen-bond acceptors (Lipinski definition) is 5. The minimum absolute atomic E-state index is 0.279. The molecular formula is C27H24N4O3. The Labute approximate surface area is 196 Å². The minimum Gasteiger partial charge on any atom is -0.493 e. The molecule has 3 aromatic carbocycles. The monoisotopic (exact) mass is 452 g/mol. The van der Waals surface area contributed by atoms with Gasteiger partial charge in [0.25, 0.3) is 0 Å². The molecule has 34 heavy (non-hydrogen) atoms. The Bertz CT molecular complexity index is 1650. The number of aromatic nitrogens is 2. The lowest BCUT2D eigenvalue weighted by Gasteiger charge is -2.11. The van der Waals surface area contributed by atoms with Crippen molar-refractivity contribution in [3.05, 3.63) is 109 Å². The minimum atomic E-state index is -0.279. The SMILES string of the molecule is C=c1cc(OC)c(OCc2ccccc2)c/c1=c1/c(=C\N)n(C)c(=O)n1-c1ccc(C#N)cc1. The van der Waals surface area contributed by atoms with Gasteiger partial charge in [0.1, 0.15) is 6.61 Å². The van der Waals surface area contributed by atoms with Crippen LogP contribution < -0.4 is 31.5 Å². The maximum Gasteiger partial charge on any atom is 0.333 e. The topological polar surface area (TPSA) is 95.2 Å². The molecule has 4 aromatic rings. The molecule has 0 spiro atoms. The Morgan fingerprint density at radius 2 is 1.79 bits per heavy atom. The number of nitrogens with zero attached hydrogens (tertiary/aromatic N) is 3. The van der Waals surface area contributed by atoms with Gasteiger partial charge in [0, 0.05) is 18.5 Å². The summed E-state index contributed by atoms with van der Waals surface area (Å²) in [4.78, 5) is 13.2. The van der Waals surface area contributed by atoms with Crippen LogP contribution in [0.1, 0.15) is 11.1 Å². The number of rotatable bonds is 5. The lowest BCUT2D eigenvalue weighted by atomic mass is 10.2. The first kappa shape index (κ1) is 22.5. The van der Waals surface area contributed by atoms with Crippen LogP contribution in [0.3, 0.4) is 0 Å². The molecule has 0 bridgehead atoms. The van der Waals surface area contributed by atoms with Gasteiger partial charge in [-0.2, -0.15) is 5.26 Å². The Morgan fingerprint density at radius 3 is 2.41 bits per heavy atom. The van der Waals surface area contributed by atoms with Crippen molar-refractivity contribution in [2.45, 2.75) is 6.61 Å². The van der Waals surface area contributed by atoms with Crippen LogP contribution in [0.15, 0.2) is 71.5 Å². The molecule has 1 heterocycles. The summed E-state index contributed by atoms with van der Waals surface area (Å²) in [6.07, 6.45) is 1.39. The van der Waals surface area contributed by atoms with Gasteiger partial charge in [-0.15, -0.1) is 0 Å². The van der Waals surface area contributed by atoms with E-state index in [1.807, 2.05) is 36.4 Å². The maximum absolute atomic E-state index is 13.2. The Balaban J connectivity index is 2.04. The van der Waals surface area contributed by atoms with Crippen LogP contribution in [0.25, 0.3) is 18.5 Å². The van der Waals surface area contributed by atoms with Crippen LogP contribution in [0.5, 0.6) is 11.5 Å². The van der Waals surface area contributed by atoms with Gasteiger partial charge in [0.15, 0.2) is 11.5 Å². The van der Waals surface area contributed by atoms with Crippen molar-refractivity contribution < 1.29 is 9.47 Å². The second-order valence-corrected chi connectivity index (χ2v) is 7.67. The van der Waals surface area contributed by atoms with Gasteiger partial charge in [-0.3, -0.25) is 9.13 Å². The number of nitriles is 1. The van der Waals surface area contributed by atoms with E-state index in [0.717, 1.165) is 5.56 Å². The molecule has 0 amide bonds. The first-order valence-corrected chi connectivity index (χ1v) is 10.6. The molecule has 0 radical (unpaired) electrons. The summed E-state index contributed by atoms with van der Waals surface area (Å²) in [7, 11) is 3.22.